The van der Waals surface area contributed by atoms with Crippen molar-refractivity contribution in [3.8, 4) is 5.75 Å². The molecule has 9 heteroatoms. The fourth-order valence-electron chi connectivity index (χ4n) is 2.57. The second kappa shape index (κ2) is 7.26. The Bertz CT molecular complexity index is 872. The van der Waals surface area contributed by atoms with Crippen LogP contribution in [0.4, 0.5) is 10.1 Å². The quantitative estimate of drug-likeness (QED) is 0.283. The first-order valence-corrected chi connectivity index (χ1v) is 7.87. The highest BCUT2D eigenvalue weighted by Crippen LogP contribution is 2.30. The fourth-order valence-corrected chi connectivity index (χ4v) is 2.57. The van der Waals surface area contributed by atoms with E-state index >= 15 is 0 Å². The van der Waals surface area contributed by atoms with E-state index in [1.165, 1.54) is 18.5 Å². The minimum absolute atomic E-state index is 0.0430. The Morgan fingerprint density at radius 3 is 2.96 bits per heavy atom. The van der Waals surface area contributed by atoms with Gasteiger partial charge < -0.3 is 21.1 Å². The molecule has 0 fully saturated rings. The number of hydrogen-bond donors (Lipinski definition) is 2. The van der Waals surface area contributed by atoms with Gasteiger partial charge in [-0.25, -0.2) is 9.40 Å². The van der Waals surface area contributed by atoms with Crippen LogP contribution < -0.4 is 16.3 Å². The maximum absolute atomic E-state index is 14.0. The topological polar surface area (TPSA) is 111 Å². The van der Waals surface area contributed by atoms with Crippen molar-refractivity contribution < 1.29 is 13.9 Å². The maximum atomic E-state index is 14.0. The van der Waals surface area contributed by atoms with Gasteiger partial charge in [-0.05, 0) is 36.6 Å². The summed E-state index contributed by atoms with van der Waals surface area (Å²) in [4.78, 5) is 4.14. The van der Waals surface area contributed by atoms with Crippen molar-refractivity contribution in [2.45, 2.75) is 20.3 Å². The first kappa shape index (κ1) is 17.5. The third kappa shape index (κ3) is 3.66. The Balaban J connectivity index is 1.79. The number of fused-ring (bicyclic) bond motifs is 1. The lowest BCUT2D eigenvalue weighted by atomic mass is 10.0. The number of nitrogens with two attached hydrogens (primary N) is 2. The number of ether oxygens (including phenoxy) is 2. The zero-order valence-electron chi connectivity index (χ0n) is 14.4. The van der Waals surface area contributed by atoms with Crippen molar-refractivity contribution in [2.75, 3.05) is 12.3 Å². The van der Waals surface area contributed by atoms with Crippen LogP contribution in [0.15, 0.2) is 56.4 Å². The van der Waals surface area contributed by atoms with E-state index in [4.69, 9.17) is 21.1 Å². The minimum atomic E-state index is -0.558. The molecule has 0 atom stereocenters. The molecule has 0 aliphatic carbocycles. The highest BCUT2D eigenvalue weighted by Gasteiger charge is 2.27. The molecule has 2 heterocycles. The number of hydrazone groups is 2. The molecule has 4 N–H and O–H groups in total. The molecule has 0 radical (unpaired) electrons. The monoisotopic (exact) mass is 358 g/mol. The van der Waals surface area contributed by atoms with E-state index in [1.54, 1.807) is 18.0 Å². The van der Waals surface area contributed by atoms with Crippen LogP contribution in [-0.2, 0) is 4.74 Å². The predicted molar refractivity (Wildman–Crippen MR) is 97.9 cm³/mol. The molecule has 0 unspecified atom stereocenters. The second-order valence-corrected chi connectivity index (χ2v) is 5.83. The number of aliphatic imine (C=N–C) groups is 1. The van der Waals surface area contributed by atoms with Crippen LogP contribution in [0.25, 0.3) is 0 Å². The molecule has 0 aromatic heterocycles. The van der Waals surface area contributed by atoms with Gasteiger partial charge in [0, 0.05) is 24.9 Å². The molecule has 0 saturated carbocycles. The molecule has 1 aromatic rings. The van der Waals surface area contributed by atoms with Crippen LogP contribution in [0.1, 0.15) is 20.3 Å². The number of nitrogens with zero attached hydrogens (tertiary/aromatic N) is 4. The number of benzene rings is 1. The molecule has 2 aliphatic rings. The van der Waals surface area contributed by atoms with E-state index in [0.29, 0.717) is 30.3 Å². The van der Waals surface area contributed by atoms with Crippen molar-refractivity contribution in [1.29, 1.82) is 0 Å². The average Bonchev–Trinajstić information content (AvgIpc) is 2.62. The van der Waals surface area contributed by atoms with Crippen molar-refractivity contribution in [1.82, 2.24) is 5.01 Å². The lowest BCUT2D eigenvalue weighted by Gasteiger charge is -2.29. The van der Waals surface area contributed by atoms with Crippen molar-refractivity contribution >= 4 is 23.8 Å². The van der Waals surface area contributed by atoms with E-state index < -0.39 is 5.82 Å². The van der Waals surface area contributed by atoms with Crippen molar-refractivity contribution in [3.05, 3.63) is 47.1 Å². The Morgan fingerprint density at radius 1 is 1.42 bits per heavy atom. The Labute approximate surface area is 150 Å². The predicted octanol–water partition coefficient (Wildman–Crippen LogP) is 2.31. The standard InChI is InChI=1S/C17H19FN6O2/c1-10-5-12(8-25-11(2)23-20)7-24-16(10)17(21-9-22-24)26-15-4-3-13(19)6-14(15)18/h3-4,6-7,9H,5,8,19-20H2,1-2H3/b23-11-. The Morgan fingerprint density at radius 2 is 2.23 bits per heavy atom. The highest BCUT2D eigenvalue weighted by molar-refractivity contribution is 6.01. The van der Waals surface area contributed by atoms with E-state index in [2.05, 4.69) is 15.2 Å². The molecular weight excluding hydrogens is 339 g/mol. The van der Waals surface area contributed by atoms with Crippen molar-refractivity contribution in [2.24, 2.45) is 21.0 Å². The summed E-state index contributed by atoms with van der Waals surface area (Å²) in [7, 11) is 0. The molecule has 3 rings (SSSR count). The van der Waals surface area contributed by atoms with Gasteiger partial charge in [-0.3, -0.25) is 0 Å². The van der Waals surface area contributed by atoms with Crippen molar-refractivity contribution in [3.63, 3.8) is 0 Å². The molecule has 0 amide bonds. The van der Waals surface area contributed by atoms with Crippen LogP contribution in [-0.4, -0.2) is 29.7 Å². The number of hydrogen-bond acceptors (Lipinski definition) is 8. The van der Waals surface area contributed by atoms with Gasteiger partial charge in [0.2, 0.25) is 11.8 Å². The van der Waals surface area contributed by atoms with Gasteiger partial charge in [-0.15, -0.1) is 5.10 Å². The van der Waals surface area contributed by atoms with Gasteiger partial charge in [0.15, 0.2) is 11.6 Å². The molecule has 1 aromatic carbocycles. The zero-order chi connectivity index (χ0) is 18.7. The van der Waals surface area contributed by atoms with E-state index in [0.717, 1.165) is 11.1 Å². The summed E-state index contributed by atoms with van der Waals surface area (Å²) < 4.78 is 25.1. The fraction of sp³-hybridized carbons (Fsp3) is 0.235. The van der Waals surface area contributed by atoms with Gasteiger partial charge in [0.1, 0.15) is 18.6 Å². The summed E-state index contributed by atoms with van der Waals surface area (Å²) in [5.74, 6) is 5.30. The second-order valence-electron chi connectivity index (χ2n) is 5.83. The van der Waals surface area contributed by atoms with Gasteiger partial charge in [0.25, 0.3) is 0 Å². The number of nitrogen functional groups attached to an aromatic ring is 1. The molecule has 8 nitrogen and oxygen atoms in total. The van der Waals surface area contributed by atoms with Crippen LogP contribution in [0.2, 0.25) is 0 Å². The molecular formula is C17H19FN6O2. The van der Waals surface area contributed by atoms with E-state index in [-0.39, 0.29) is 11.6 Å². The van der Waals surface area contributed by atoms with Gasteiger partial charge in [-0.2, -0.15) is 10.1 Å². The Hall–Kier alpha value is -3.36. The lowest BCUT2D eigenvalue weighted by molar-refractivity contribution is 0.324. The molecule has 0 bridgehead atoms. The largest absolute Gasteiger partial charge is 0.475 e. The normalized spacial score (nSPS) is 16.9. The summed E-state index contributed by atoms with van der Waals surface area (Å²) in [5, 5.41) is 9.31. The maximum Gasteiger partial charge on any atom is 0.247 e. The summed E-state index contributed by atoms with van der Waals surface area (Å²) in [6, 6.07) is 4.22. The molecule has 0 spiro atoms. The summed E-state index contributed by atoms with van der Waals surface area (Å²) in [6.45, 7) is 3.94. The smallest absolute Gasteiger partial charge is 0.247 e. The zero-order valence-corrected chi connectivity index (χ0v) is 14.4. The third-order valence-corrected chi connectivity index (χ3v) is 3.79. The van der Waals surface area contributed by atoms with Gasteiger partial charge in [0.05, 0.1) is 0 Å². The number of anilines is 1. The molecule has 2 aliphatic heterocycles. The third-order valence-electron chi connectivity index (χ3n) is 3.79. The van der Waals surface area contributed by atoms with Crippen LogP contribution in [0, 0.1) is 5.82 Å². The van der Waals surface area contributed by atoms with Gasteiger partial charge in [-0.1, -0.05) is 0 Å². The lowest BCUT2D eigenvalue weighted by Crippen LogP contribution is -2.30. The Kier molecular flexibility index (Phi) is 4.87. The van der Waals surface area contributed by atoms with Crippen LogP contribution >= 0.6 is 0 Å². The highest BCUT2D eigenvalue weighted by atomic mass is 19.1. The average molecular weight is 358 g/mol. The van der Waals surface area contributed by atoms with Gasteiger partial charge >= 0.3 is 0 Å². The summed E-state index contributed by atoms with van der Waals surface area (Å²) >= 11 is 0. The number of rotatable bonds is 3. The first-order valence-electron chi connectivity index (χ1n) is 7.87. The summed E-state index contributed by atoms with van der Waals surface area (Å²) in [6.07, 6.45) is 3.79. The SMILES string of the molecule is CC1=C2C(Oc3ccc(N)cc3F)=NC=NN2C=C(CO/C(C)=N\N)C1. The van der Waals surface area contributed by atoms with E-state index in [9.17, 15) is 4.39 Å². The molecule has 26 heavy (non-hydrogen) atoms. The molecule has 136 valence electrons. The number of allylic oxidation sites excluding steroid dienone is 1. The molecule has 0 saturated heterocycles. The summed E-state index contributed by atoms with van der Waals surface area (Å²) in [5.41, 5.74) is 8.48. The minimum Gasteiger partial charge on any atom is -0.475 e. The van der Waals surface area contributed by atoms with Crippen LogP contribution in [0.3, 0.4) is 0 Å². The van der Waals surface area contributed by atoms with Crippen LogP contribution in [0.5, 0.6) is 5.75 Å². The first-order chi connectivity index (χ1) is 12.5. The van der Waals surface area contributed by atoms with E-state index in [1.807, 2.05) is 13.1 Å². The number of halogens is 1.